The maximum Gasteiger partial charge on any atom is 0.228 e. The van der Waals surface area contributed by atoms with Gasteiger partial charge in [-0.2, -0.15) is 0 Å². The van der Waals surface area contributed by atoms with Crippen LogP contribution in [0.1, 0.15) is 22.3 Å². The lowest BCUT2D eigenvalue weighted by Crippen LogP contribution is -2.03. The third-order valence-electron chi connectivity index (χ3n) is 3.78. The van der Waals surface area contributed by atoms with E-state index in [0.29, 0.717) is 19.4 Å². The molecule has 1 aliphatic carbocycles. The van der Waals surface area contributed by atoms with E-state index in [9.17, 15) is 15.0 Å². The number of fused-ring (bicyclic) bond motifs is 2. The Morgan fingerprint density at radius 1 is 1.16 bits per heavy atom. The number of anilines is 1. The van der Waals surface area contributed by atoms with Gasteiger partial charge >= 0.3 is 0 Å². The van der Waals surface area contributed by atoms with Crippen molar-refractivity contribution in [1.29, 1.82) is 0 Å². The summed E-state index contributed by atoms with van der Waals surface area (Å²) in [6.07, 6.45) is 1.08. The van der Waals surface area contributed by atoms with Gasteiger partial charge < -0.3 is 15.5 Å². The molecular weight excluding hydrogens is 244 g/mol. The van der Waals surface area contributed by atoms with Crippen molar-refractivity contribution in [3.8, 4) is 11.8 Å². The predicted octanol–water partition coefficient (Wildman–Crippen LogP) is 1.35. The molecule has 2 aromatic rings. The lowest BCUT2D eigenvalue weighted by Gasteiger charge is -2.09. The van der Waals surface area contributed by atoms with Gasteiger partial charge in [0.1, 0.15) is 0 Å². The quantitative estimate of drug-likeness (QED) is 0.648. The summed E-state index contributed by atoms with van der Waals surface area (Å²) in [4.78, 5) is 11.3. The molecule has 0 unspecified atom stereocenters. The summed E-state index contributed by atoms with van der Waals surface area (Å²) in [5.41, 5.74) is 4.45. The predicted molar refractivity (Wildman–Crippen MR) is 68.4 cm³/mol. The molecule has 1 aromatic heterocycles. The molecule has 0 spiro atoms. The standard InChI is InChI=1S/C14H12N2O3/c17-12-4-8-3-7(1-2-11(8)15-12)6-16-13(18)9-5-10(9)14(16)19/h1-3,18-19H,4-6H2,(H,15,17). The first kappa shape index (κ1) is 10.5. The first-order valence-electron chi connectivity index (χ1n) is 6.17. The SMILES string of the molecule is O=C1Cc2cc(Cn3c(O)c4c(c3O)C4)ccc2N1. The molecule has 1 aliphatic heterocycles. The lowest BCUT2D eigenvalue weighted by atomic mass is 10.1. The largest absolute Gasteiger partial charge is 0.494 e. The van der Waals surface area contributed by atoms with E-state index in [1.807, 2.05) is 18.2 Å². The highest BCUT2D eigenvalue weighted by molar-refractivity contribution is 5.99. The average Bonchev–Trinajstić information content (AvgIpc) is 3.04. The first-order chi connectivity index (χ1) is 9.13. The van der Waals surface area contributed by atoms with Crippen LogP contribution < -0.4 is 5.32 Å². The summed E-state index contributed by atoms with van der Waals surface area (Å²) in [7, 11) is 0. The zero-order valence-electron chi connectivity index (χ0n) is 10.1. The number of benzene rings is 1. The average molecular weight is 256 g/mol. The summed E-state index contributed by atoms with van der Waals surface area (Å²) in [5, 5.41) is 22.6. The lowest BCUT2D eigenvalue weighted by molar-refractivity contribution is -0.115. The number of hydrogen-bond donors (Lipinski definition) is 3. The Balaban J connectivity index is 1.68. The first-order valence-corrected chi connectivity index (χ1v) is 6.17. The molecule has 4 rings (SSSR count). The van der Waals surface area contributed by atoms with Gasteiger partial charge in [0.25, 0.3) is 0 Å². The Morgan fingerprint density at radius 2 is 1.89 bits per heavy atom. The fourth-order valence-electron chi connectivity index (χ4n) is 2.70. The van der Waals surface area contributed by atoms with Crippen molar-refractivity contribution in [3.63, 3.8) is 0 Å². The number of amides is 1. The molecule has 0 atom stereocenters. The molecule has 0 bridgehead atoms. The number of nitrogens with zero attached hydrogens (tertiary/aromatic N) is 1. The van der Waals surface area contributed by atoms with Gasteiger partial charge in [0.2, 0.25) is 5.91 Å². The summed E-state index contributed by atoms with van der Waals surface area (Å²) >= 11 is 0. The van der Waals surface area contributed by atoms with Crippen LogP contribution in [0.25, 0.3) is 0 Å². The minimum atomic E-state index is 0.00416. The second-order valence-corrected chi connectivity index (χ2v) is 5.08. The molecular formula is C14H12N2O3. The second kappa shape index (κ2) is 3.32. The number of carbonyl (C=O) groups excluding carboxylic acids is 1. The molecule has 1 amide bonds. The van der Waals surface area contributed by atoms with Crippen molar-refractivity contribution in [3.05, 3.63) is 40.5 Å². The van der Waals surface area contributed by atoms with Gasteiger partial charge in [-0.3, -0.25) is 9.36 Å². The van der Waals surface area contributed by atoms with Crippen LogP contribution in [0, 0.1) is 0 Å². The molecule has 1 aromatic carbocycles. The van der Waals surface area contributed by atoms with Crippen LogP contribution in [0.2, 0.25) is 0 Å². The topological polar surface area (TPSA) is 74.5 Å². The Labute approximate surface area is 109 Å². The highest BCUT2D eigenvalue weighted by atomic mass is 16.3. The van der Waals surface area contributed by atoms with Gasteiger partial charge in [0.05, 0.1) is 13.0 Å². The Morgan fingerprint density at radius 3 is 2.63 bits per heavy atom. The van der Waals surface area contributed by atoms with E-state index in [1.165, 1.54) is 4.57 Å². The van der Waals surface area contributed by atoms with E-state index in [-0.39, 0.29) is 17.7 Å². The van der Waals surface area contributed by atoms with Crippen molar-refractivity contribution < 1.29 is 15.0 Å². The van der Waals surface area contributed by atoms with Crippen LogP contribution >= 0.6 is 0 Å². The number of aromatic hydroxyl groups is 2. The number of nitrogens with one attached hydrogen (secondary N) is 1. The monoisotopic (exact) mass is 256 g/mol. The summed E-state index contributed by atoms with van der Waals surface area (Å²) < 4.78 is 1.50. The van der Waals surface area contributed by atoms with Crippen molar-refractivity contribution >= 4 is 11.6 Å². The normalized spacial score (nSPS) is 15.1. The third kappa shape index (κ3) is 1.44. The fraction of sp³-hybridized carbons (Fsp3) is 0.214. The minimum absolute atomic E-state index is 0.00416. The molecule has 0 radical (unpaired) electrons. The highest BCUT2D eigenvalue weighted by Gasteiger charge is 2.33. The molecule has 2 heterocycles. The molecule has 0 fully saturated rings. The number of hydrogen-bond acceptors (Lipinski definition) is 3. The van der Waals surface area contributed by atoms with Gasteiger partial charge in [0, 0.05) is 23.2 Å². The number of rotatable bonds is 2. The van der Waals surface area contributed by atoms with E-state index in [2.05, 4.69) is 5.32 Å². The molecule has 96 valence electrons. The molecule has 0 saturated heterocycles. The van der Waals surface area contributed by atoms with Crippen LogP contribution in [0.3, 0.4) is 0 Å². The molecule has 3 N–H and O–H groups in total. The molecule has 0 saturated carbocycles. The molecule has 5 heteroatoms. The number of aromatic nitrogens is 1. The Kier molecular flexibility index (Phi) is 1.83. The van der Waals surface area contributed by atoms with Crippen LogP contribution in [0.4, 0.5) is 5.69 Å². The number of carbonyl (C=O) groups is 1. The van der Waals surface area contributed by atoms with E-state index < -0.39 is 0 Å². The maximum absolute atomic E-state index is 11.3. The van der Waals surface area contributed by atoms with E-state index in [1.54, 1.807) is 0 Å². The fourth-order valence-corrected chi connectivity index (χ4v) is 2.70. The highest BCUT2D eigenvalue weighted by Crippen LogP contribution is 2.46. The third-order valence-corrected chi connectivity index (χ3v) is 3.78. The van der Waals surface area contributed by atoms with Crippen LogP contribution in [0.5, 0.6) is 11.8 Å². The van der Waals surface area contributed by atoms with Crippen LogP contribution in [0.15, 0.2) is 18.2 Å². The van der Waals surface area contributed by atoms with E-state index in [0.717, 1.165) is 27.9 Å². The Bertz CT molecular complexity index is 705. The zero-order valence-corrected chi connectivity index (χ0v) is 10.1. The smallest absolute Gasteiger partial charge is 0.228 e. The van der Waals surface area contributed by atoms with Crippen LogP contribution in [-0.2, 0) is 24.2 Å². The second-order valence-electron chi connectivity index (χ2n) is 5.08. The molecule has 19 heavy (non-hydrogen) atoms. The minimum Gasteiger partial charge on any atom is -0.494 e. The van der Waals surface area contributed by atoms with E-state index in [4.69, 9.17) is 0 Å². The van der Waals surface area contributed by atoms with Crippen molar-refractivity contribution in [2.24, 2.45) is 0 Å². The maximum atomic E-state index is 11.3. The van der Waals surface area contributed by atoms with Crippen molar-refractivity contribution in [2.75, 3.05) is 5.32 Å². The summed E-state index contributed by atoms with van der Waals surface area (Å²) in [6.45, 7) is 0.409. The summed E-state index contributed by atoms with van der Waals surface area (Å²) in [5.74, 6) is 0.314. The van der Waals surface area contributed by atoms with Crippen molar-refractivity contribution in [2.45, 2.75) is 19.4 Å². The van der Waals surface area contributed by atoms with Gasteiger partial charge in [-0.1, -0.05) is 12.1 Å². The molecule has 5 nitrogen and oxygen atoms in total. The zero-order chi connectivity index (χ0) is 13.1. The van der Waals surface area contributed by atoms with Gasteiger partial charge in [-0.05, 0) is 17.2 Å². The van der Waals surface area contributed by atoms with E-state index >= 15 is 0 Å². The summed E-state index contributed by atoms with van der Waals surface area (Å²) in [6, 6.07) is 5.69. The van der Waals surface area contributed by atoms with Gasteiger partial charge in [-0.15, -0.1) is 0 Å². The molecule has 2 aliphatic rings. The Hall–Kier alpha value is -2.43. The van der Waals surface area contributed by atoms with Crippen LogP contribution in [-0.4, -0.2) is 20.7 Å². The van der Waals surface area contributed by atoms with Gasteiger partial charge in [-0.25, -0.2) is 0 Å². The van der Waals surface area contributed by atoms with Gasteiger partial charge in [0.15, 0.2) is 11.8 Å². The van der Waals surface area contributed by atoms with Crippen molar-refractivity contribution in [1.82, 2.24) is 4.57 Å².